The molecule has 2 aromatic rings. The van der Waals surface area contributed by atoms with Crippen molar-refractivity contribution in [3.05, 3.63) is 70.0 Å². The van der Waals surface area contributed by atoms with Crippen LogP contribution in [0.5, 0.6) is 0 Å². The molecule has 0 amide bonds. The summed E-state index contributed by atoms with van der Waals surface area (Å²) in [7, 11) is -3.65. The zero-order valence-corrected chi connectivity index (χ0v) is 12.8. The van der Waals surface area contributed by atoms with E-state index in [1.165, 1.54) is 6.08 Å². The molecule has 6 heteroatoms. The number of carbonyl (C=O) groups is 1. The molecule has 1 aliphatic heterocycles. The maximum Gasteiger partial charge on any atom is 0.191 e. The Hall–Kier alpha value is -1.98. The van der Waals surface area contributed by atoms with Crippen LogP contribution in [0.2, 0.25) is 5.02 Å². The molecule has 0 unspecified atom stereocenters. The molecule has 3 nitrogen and oxygen atoms in total. The van der Waals surface area contributed by atoms with Gasteiger partial charge in [-0.05, 0) is 42.0 Å². The van der Waals surface area contributed by atoms with E-state index < -0.39 is 27.2 Å². The van der Waals surface area contributed by atoms with E-state index in [0.717, 1.165) is 18.2 Å². The Balaban J connectivity index is 2.13. The third-order valence-electron chi connectivity index (χ3n) is 3.37. The van der Waals surface area contributed by atoms with Gasteiger partial charge >= 0.3 is 0 Å². The van der Waals surface area contributed by atoms with Crippen LogP contribution in [0.3, 0.4) is 0 Å². The molecule has 0 aliphatic carbocycles. The lowest BCUT2D eigenvalue weighted by molar-refractivity contribution is 0.103. The van der Waals surface area contributed by atoms with Crippen molar-refractivity contribution in [3.8, 4) is 0 Å². The zero-order valence-electron chi connectivity index (χ0n) is 11.2. The van der Waals surface area contributed by atoms with Crippen LogP contribution in [0.15, 0.2) is 52.9 Å². The predicted molar refractivity (Wildman–Crippen MR) is 82.2 cm³/mol. The standard InChI is InChI=1S/C16H10ClFO3S/c17-12-3-1-10(2-4-12)7-11-9-22(20,21)15-6-5-13(18)8-14(15)16(11)19/h1-8H,9H2/b11-7+. The Morgan fingerprint density at radius 3 is 2.45 bits per heavy atom. The van der Waals surface area contributed by atoms with Crippen molar-refractivity contribution in [2.24, 2.45) is 0 Å². The third kappa shape index (κ3) is 2.69. The number of rotatable bonds is 1. The largest absolute Gasteiger partial charge is 0.289 e. The van der Waals surface area contributed by atoms with Crippen LogP contribution in [0, 0.1) is 5.82 Å². The van der Waals surface area contributed by atoms with E-state index in [4.69, 9.17) is 11.6 Å². The number of carbonyl (C=O) groups excluding carboxylic acids is 1. The summed E-state index contributed by atoms with van der Waals surface area (Å²) in [4.78, 5) is 12.3. The number of Topliss-reactive ketones (excluding diaryl/α,β-unsaturated/α-hetero) is 1. The first-order valence-electron chi connectivity index (χ1n) is 6.40. The quantitative estimate of drug-likeness (QED) is 0.591. The summed E-state index contributed by atoms with van der Waals surface area (Å²) in [6.07, 6.45) is 1.49. The molecule has 1 heterocycles. The smallest absolute Gasteiger partial charge is 0.191 e. The number of sulfone groups is 1. The second-order valence-electron chi connectivity index (χ2n) is 4.95. The summed E-state index contributed by atoms with van der Waals surface area (Å²) in [5.74, 6) is -1.51. The first-order chi connectivity index (χ1) is 10.4. The molecular formula is C16H10ClFO3S. The van der Waals surface area contributed by atoms with E-state index in [-0.39, 0.29) is 16.0 Å². The number of fused-ring (bicyclic) bond motifs is 1. The van der Waals surface area contributed by atoms with Crippen LogP contribution in [-0.4, -0.2) is 20.0 Å². The van der Waals surface area contributed by atoms with Gasteiger partial charge in [0.1, 0.15) is 5.82 Å². The molecule has 2 aromatic carbocycles. The van der Waals surface area contributed by atoms with Gasteiger partial charge in [0.05, 0.1) is 10.6 Å². The fourth-order valence-electron chi connectivity index (χ4n) is 2.34. The Morgan fingerprint density at radius 1 is 1.09 bits per heavy atom. The highest BCUT2D eigenvalue weighted by molar-refractivity contribution is 7.91. The van der Waals surface area contributed by atoms with Gasteiger partial charge in [-0.1, -0.05) is 23.7 Å². The highest BCUT2D eigenvalue weighted by atomic mass is 35.5. The van der Waals surface area contributed by atoms with Gasteiger partial charge in [-0.3, -0.25) is 4.79 Å². The molecular weight excluding hydrogens is 327 g/mol. The minimum absolute atomic E-state index is 0.112. The molecule has 0 fully saturated rings. The van der Waals surface area contributed by atoms with E-state index in [9.17, 15) is 17.6 Å². The molecule has 0 spiro atoms. The number of benzene rings is 2. The lowest BCUT2D eigenvalue weighted by atomic mass is 10.0. The molecule has 0 bridgehead atoms. The van der Waals surface area contributed by atoms with E-state index in [1.807, 2.05) is 0 Å². The van der Waals surface area contributed by atoms with Gasteiger partial charge in [0.15, 0.2) is 15.6 Å². The first kappa shape index (κ1) is 14.9. The van der Waals surface area contributed by atoms with Gasteiger partial charge in [-0.15, -0.1) is 0 Å². The van der Waals surface area contributed by atoms with Crippen LogP contribution < -0.4 is 0 Å². The number of halogens is 2. The fraction of sp³-hybridized carbons (Fsp3) is 0.0625. The molecule has 0 aromatic heterocycles. The van der Waals surface area contributed by atoms with Gasteiger partial charge in [0, 0.05) is 16.2 Å². The highest BCUT2D eigenvalue weighted by Gasteiger charge is 2.32. The molecule has 22 heavy (non-hydrogen) atoms. The van der Waals surface area contributed by atoms with Gasteiger partial charge in [0.2, 0.25) is 0 Å². The number of hydrogen-bond acceptors (Lipinski definition) is 3. The molecule has 0 N–H and O–H groups in total. The SMILES string of the molecule is O=C1/C(=C/c2ccc(Cl)cc2)CS(=O)(=O)c2ccc(F)cc21. The topological polar surface area (TPSA) is 51.2 Å². The molecule has 0 saturated heterocycles. The van der Waals surface area contributed by atoms with Crippen molar-refractivity contribution >= 4 is 33.3 Å². The minimum Gasteiger partial charge on any atom is -0.289 e. The normalized spacial score (nSPS) is 18.3. The summed E-state index contributed by atoms with van der Waals surface area (Å²) in [6, 6.07) is 9.78. The number of ketones is 1. The minimum atomic E-state index is -3.65. The zero-order chi connectivity index (χ0) is 15.9. The third-order valence-corrected chi connectivity index (χ3v) is 5.34. The maximum atomic E-state index is 13.3. The maximum absolute atomic E-state index is 13.3. The van der Waals surface area contributed by atoms with Crippen molar-refractivity contribution in [2.75, 3.05) is 5.75 Å². The van der Waals surface area contributed by atoms with Gasteiger partial charge in [-0.2, -0.15) is 0 Å². The lowest BCUT2D eigenvalue weighted by Crippen LogP contribution is -2.24. The molecule has 3 rings (SSSR count). The van der Waals surface area contributed by atoms with Gasteiger partial charge in [-0.25, -0.2) is 12.8 Å². The van der Waals surface area contributed by atoms with Crippen LogP contribution in [0.4, 0.5) is 4.39 Å². The molecule has 112 valence electrons. The van der Waals surface area contributed by atoms with Crippen LogP contribution >= 0.6 is 11.6 Å². The summed E-state index contributed by atoms with van der Waals surface area (Å²) in [6.45, 7) is 0. The van der Waals surface area contributed by atoms with Crippen LogP contribution in [0.25, 0.3) is 6.08 Å². The van der Waals surface area contributed by atoms with Crippen molar-refractivity contribution in [3.63, 3.8) is 0 Å². The Bertz CT molecular complexity index is 899. The summed E-state index contributed by atoms with van der Waals surface area (Å²) in [5.41, 5.74) is 0.648. The fourth-order valence-corrected chi connectivity index (χ4v) is 4.01. The second kappa shape index (κ2) is 5.34. The van der Waals surface area contributed by atoms with Crippen LogP contribution in [0.1, 0.15) is 15.9 Å². The van der Waals surface area contributed by atoms with Crippen molar-refractivity contribution < 1.29 is 17.6 Å². The van der Waals surface area contributed by atoms with Crippen molar-refractivity contribution in [1.82, 2.24) is 0 Å². The van der Waals surface area contributed by atoms with Gasteiger partial charge in [0.25, 0.3) is 0 Å². The molecule has 0 saturated carbocycles. The predicted octanol–water partition coefficient (Wildman–Crippen LogP) is 3.53. The molecule has 0 atom stereocenters. The summed E-state index contributed by atoms with van der Waals surface area (Å²) < 4.78 is 37.8. The monoisotopic (exact) mass is 336 g/mol. The average molecular weight is 337 g/mol. The van der Waals surface area contributed by atoms with E-state index in [1.54, 1.807) is 24.3 Å². The van der Waals surface area contributed by atoms with Gasteiger partial charge < -0.3 is 0 Å². The van der Waals surface area contributed by atoms with E-state index in [2.05, 4.69) is 0 Å². The Kier molecular flexibility index (Phi) is 3.62. The van der Waals surface area contributed by atoms with Crippen molar-refractivity contribution in [1.29, 1.82) is 0 Å². The van der Waals surface area contributed by atoms with E-state index >= 15 is 0 Å². The van der Waals surface area contributed by atoms with E-state index in [0.29, 0.717) is 10.6 Å². The first-order valence-corrected chi connectivity index (χ1v) is 8.43. The summed E-state index contributed by atoms with van der Waals surface area (Å²) >= 11 is 5.79. The van der Waals surface area contributed by atoms with Crippen molar-refractivity contribution in [2.45, 2.75) is 4.90 Å². The number of hydrogen-bond donors (Lipinski definition) is 0. The molecule has 1 aliphatic rings. The van der Waals surface area contributed by atoms with Crippen LogP contribution in [-0.2, 0) is 9.84 Å². The Labute approximate surface area is 132 Å². The lowest BCUT2D eigenvalue weighted by Gasteiger charge is -2.18. The second-order valence-corrected chi connectivity index (χ2v) is 7.34. The Morgan fingerprint density at radius 2 is 1.77 bits per heavy atom. The molecule has 0 radical (unpaired) electrons. The average Bonchev–Trinajstić information content (AvgIpc) is 2.46. The summed E-state index contributed by atoms with van der Waals surface area (Å²) in [5, 5.41) is 0.539. The highest BCUT2D eigenvalue weighted by Crippen LogP contribution is 2.29.